The van der Waals surface area contributed by atoms with Crippen LogP contribution in [0.5, 0.6) is 0 Å². The topological polar surface area (TPSA) is 61.9 Å². The summed E-state index contributed by atoms with van der Waals surface area (Å²) in [6.45, 7) is 3.90. The van der Waals surface area contributed by atoms with Gasteiger partial charge in [0.1, 0.15) is 6.17 Å². The van der Waals surface area contributed by atoms with Crippen molar-refractivity contribution < 1.29 is 14.3 Å². The highest BCUT2D eigenvalue weighted by molar-refractivity contribution is 5.91. The maximum Gasteiger partial charge on any atom is 0.323 e. The molecule has 0 saturated carbocycles. The van der Waals surface area contributed by atoms with Gasteiger partial charge in [0.05, 0.1) is 13.2 Å². The highest BCUT2D eigenvalue weighted by Crippen LogP contribution is 2.20. The van der Waals surface area contributed by atoms with Crippen molar-refractivity contribution in [3.05, 3.63) is 29.8 Å². The van der Waals surface area contributed by atoms with Gasteiger partial charge in [0, 0.05) is 25.2 Å². The Labute approximate surface area is 123 Å². The number of hydrogen-bond donors (Lipinski definition) is 1. The lowest BCUT2D eigenvalue weighted by molar-refractivity contribution is -0.153. The summed E-state index contributed by atoms with van der Waals surface area (Å²) in [6.07, 6.45) is 0.0862. The van der Waals surface area contributed by atoms with Gasteiger partial charge in [-0.15, -0.1) is 0 Å². The van der Waals surface area contributed by atoms with Crippen LogP contribution in [0.2, 0.25) is 0 Å². The number of morpholine rings is 1. The molecule has 6 heteroatoms. The number of hydrogen-bond acceptors (Lipinski definition) is 3. The molecule has 3 rings (SSSR count). The Kier molecular flexibility index (Phi) is 3.79. The van der Waals surface area contributed by atoms with Crippen LogP contribution in [-0.2, 0) is 9.53 Å². The second-order valence-corrected chi connectivity index (χ2v) is 5.38. The summed E-state index contributed by atoms with van der Waals surface area (Å²) in [5.41, 5.74) is 1.90. The van der Waals surface area contributed by atoms with Crippen molar-refractivity contribution in [3.63, 3.8) is 0 Å². The van der Waals surface area contributed by atoms with Gasteiger partial charge in [0.2, 0.25) is 5.91 Å². The monoisotopic (exact) mass is 289 g/mol. The second kappa shape index (κ2) is 5.73. The second-order valence-electron chi connectivity index (χ2n) is 5.38. The van der Waals surface area contributed by atoms with E-state index in [2.05, 4.69) is 5.32 Å². The van der Waals surface area contributed by atoms with E-state index >= 15 is 0 Å². The maximum atomic E-state index is 12.4. The summed E-state index contributed by atoms with van der Waals surface area (Å²) in [5, 5.41) is 2.88. The van der Waals surface area contributed by atoms with Crippen molar-refractivity contribution in [1.29, 1.82) is 0 Å². The lowest BCUT2D eigenvalue weighted by atomic mass is 10.2. The molecule has 0 aliphatic carbocycles. The minimum atomic E-state index is -0.287. The third kappa shape index (κ3) is 2.85. The number of amides is 3. The van der Waals surface area contributed by atoms with Gasteiger partial charge in [-0.1, -0.05) is 17.7 Å². The Bertz CT molecular complexity index is 544. The standard InChI is InChI=1S/C15H19N3O3/c1-11-2-4-12(5-3-11)16-15(20)18-7-6-14(19)17-8-9-21-10-13(17)18/h2-5,13H,6-10H2,1H3,(H,16,20)/t13-/m1/s1. The summed E-state index contributed by atoms with van der Waals surface area (Å²) in [7, 11) is 0. The molecule has 2 aliphatic rings. The largest absolute Gasteiger partial charge is 0.376 e. The van der Waals surface area contributed by atoms with E-state index in [-0.39, 0.29) is 18.1 Å². The van der Waals surface area contributed by atoms with Crippen LogP contribution in [0, 0.1) is 6.92 Å². The predicted octanol–water partition coefficient (Wildman–Crippen LogP) is 1.42. The molecule has 1 aromatic rings. The van der Waals surface area contributed by atoms with Crippen LogP contribution >= 0.6 is 0 Å². The molecule has 2 saturated heterocycles. The van der Waals surface area contributed by atoms with Crippen LogP contribution < -0.4 is 5.32 Å². The van der Waals surface area contributed by atoms with Gasteiger partial charge in [0.25, 0.3) is 0 Å². The van der Waals surface area contributed by atoms with E-state index in [4.69, 9.17) is 4.74 Å². The lowest BCUT2D eigenvalue weighted by Gasteiger charge is -2.45. The van der Waals surface area contributed by atoms with E-state index in [1.165, 1.54) is 0 Å². The molecule has 1 aromatic carbocycles. The van der Waals surface area contributed by atoms with Crippen molar-refractivity contribution in [2.24, 2.45) is 0 Å². The Balaban J connectivity index is 1.71. The van der Waals surface area contributed by atoms with Gasteiger partial charge in [-0.25, -0.2) is 4.79 Å². The highest BCUT2D eigenvalue weighted by atomic mass is 16.5. The van der Waals surface area contributed by atoms with Crippen molar-refractivity contribution in [2.75, 3.05) is 31.6 Å². The Morgan fingerprint density at radius 3 is 2.81 bits per heavy atom. The summed E-state index contributed by atoms with van der Waals surface area (Å²) in [4.78, 5) is 27.8. The SMILES string of the molecule is Cc1ccc(NC(=O)N2CCC(=O)N3CCOC[C@H]32)cc1. The van der Waals surface area contributed by atoms with Crippen LogP contribution in [0.1, 0.15) is 12.0 Å². The van der Waals surface area contributed by atoms with Gasteiger partial charge < -0.3 is 19.9 Å². The molecule has 2 fully saturated rings. The number of aryl methyl sites for hydroxylation is 1. The number of ether oxygens (including phenoxy) is 1. The minimum absolute atomic E-state index is 0.0997. The Hall–Kier alpha value is -2.08. The van der Waals surface area contributed by atoms with Gasteiger partial charge in [-0.05, 0) is 19.1 Å². The fourth-order valence-electron chi connectivity index (χ4n) is 2.72. The number of nitrogens with one attached hydrogen (secondary N) is 1. The third-order valence-electron chi connectivity index (χ3n) is 3.91. The predicted molar refractivity (Wildman–Crippen MR) is 77.8 cm³/mol. The molecule has 0 bridgehead atoms. The lowest BCUT2D eigenvalue weighted by Crippen LogP contribution is -2.63. The third-order valence-corrected chi connectivity index (χ3v) is 3.91. The van der Waals surface area contributed by atoms with E-state index in [9.17, 15) is 9.59 Å². The summed E-state index contributed by atoms with van der Waals surface area (Å²) in [6, 6.07) is 7.46. The first-order chi connectivity index (χ1) is 10.1. The van der Waals surface area contributed by atoms with Crippen molar-refractivity contribution >= 4 is 17.6 Å². The van der Waals surface area contributed by atoms with Crippen molar-refractivity contribution in [3.8, 4) is 0 Å². The van der Waals surface area contributed by atoms with E-state index in [1.54, 1.807) is 9.80 Å². The molecule has 2 aliphatic heterocycles. The Morgan fingerprint density at radius 2 is 2.05 bits per heavy atom. The smallest absolute Gasteiger partial charge is 0.323 e. The minimum Gasteiger partial charge on any atom is -0.376 e. The number of carbonyl (C=O) groups excluding carboxylic acids is 2. The highest BCUT2D eigenvalue weighted by Gasteiger charge is 2.38. The fourth-order valence-corrected chi connectivity index (χ4v) is 2.72. The van der Waals surface area contributed by atoms with Crippen molar-refractivity contribution in [1.82, 2.24) is 9.80 Å². The van der Waals surface area contributed by atoms with Crippen molar-refractivity contribution in [2.45, 2.75) is 19.5 Å². The van der Waals surface area contributed by atoms with E-state index < -0.39 is 0 Å². The van der Waals surface area contributed by atoms with E-state index in [0.29, 0.717) is 32.7 Å². The van der Waals surface area contributed by atoms with Crippen LogP contribution in [0.4, 0.5) is 10.5 Å². The average Bonchev–Trinajstić information content (AvgIpc) is 2.50. The van der Waals surface area contributed by atoms with E-state index in [0.717, 1.165) is 11.3 Å². The number of urea groups is 1. The quantitative estimate of drug-likeness (QED) is 0.850. The Morgan fingerprint density at radius 1 is 1.29 bits per heavy atom. The van der Waals surface area contributed by atoms with Gasteiger partial charge in [-0.3, -0.25) is 4.79 Å². The van der Waals surface area contributed by atoms with Gasteiger partial charge >= 0.3 is 6.03 Å². The average molecular weight is 289 g/mol. The zero-order valence-corrected chi connectivity index (χ0v) is 12.0. The first kappa shape index (κ1) is 13.9. The molecule has 1 atom stereocenters. The first-order valence-corrected chi connectivity index (χ1v) is 7.16. The molecule has 3 amide bonds. The zero-order valence-electron chi connectivity index (χ0n) is 12.0. The summed E-state index contributed by atoms with van der Waals surface area (Å²) in [5.74, 6) is 0.0997. The number of anilines is 1. The van der Waals surface area contributed by atoms with Crippen LogP contribution in [0.15, 0.2) is 24.3 Å². The molecule has 112 valence electrons. The first-order valence-electron chi connectivity index (χ1n) is 7.16. The van der Waals surface area contributed by atoms with Crippen LogP contribution in [0.25, 0.3) is 0 Å². The van der Waals surface area contributed by atoms with E-state index in [1.807, 2.05) is 31.2 Å². The number of rotatable bonds is 1. The molecule has 0 radical (unpaired) electrons. The summed E-state index contributed by atoms with van der Waals surface area (Å²) < 4.78 is 5.42. The van der Waals surface area contributed by atoms with Crippen LogP contribution in [0.3, 0.4) is 0 Å². The molecule has 1 N–H and O–H groups in total. The molecule has 0 unspecified atom stereocenters. The molecule has 0 spiro atoms. The molecular formula is C15H19N3O3. The fraction of sp³-hybridized carbons (Fsp3) is 0.467. The number of fused-ring (bicyclic) bond motifs is 1. The van der Waals surface area contributed by atoms with Gasteiger partial charge in [-0.2, -0.15) is 0 Å². The molecule has 0 aromatic heterocycles. The zero-order chi connectivity index (χ0) is 14.8. The summed E-state index contributed by atoms with van der Waals surface area (Å²) >= 11 is 0. The molecule has 6 nitrogen and oxygen atoms in total. The maximum absolute atomic E-state index is 12.4. The number of nitrogens with zero attached hydrogens (tertiary/aromatic N) is 2. The molecule has 2 heterocycles. The molecular weight excluding hydrogens is 270 g/mol. The number of benzene rings is 1. The molecule has 21 heavy (non-hydrogen) atoms. The normalized spacial score (nSPS) is 22.0. The van der Waals surface area contributed by atoms with Crippen LogP contribution in [-0.4, -0.2) is 54.2 Å². The van der Waals surface area contributed by atoms with Gasteiger partial charge in [0.15, 0.2) is 0 Å². The number of carbonyl (C=O) groups is 2.